The average Bonchev–Trinajstić information content (AvgIpc) is 3.09. The standard InChI is InChI=1S/C15H17N5S/c1-12(15-18-4-9-21-15)19-5-7-20(8-6-19)14-10-13(11-16)2-3-17-14/h2-4,9-10,12H,5-8H2,1H3. The lowest BCUT2D eigenvalue weighted by Gasteiger charge is -2.37. The summed E-state index contributed by atoms with van der Waals surface area (Å²) in [5.74, 6) is 0.899. The number of pyridine rings is 1. The highest BCUT2D eigenvalue weighted by molar-refractivity contribution is 7.09. The van der Waals surface area contributed by atoms with Crippen LogP contribution in [0.2, 0.25) is 0 Å². The third kappa shape index (κ3) is 3.04. The summed E-state index contributed by atoms with van der Waals surface area (Å²) >= 11 is 1.71. The lowest BCUT2D eigenvalue weighted by molar-refractivity contribution is 0.198. The van der Waals surface area contributed by atoms with Crippen molar-refractivity contribution in [3.63, 3.8) is 0 Å². The van der Waals surface area contributed by atoms with E-state index < -0.39 is 0 Å². The number of anilines is 1. The van der Waals surface area contributed by atoms with Crippen LogP contribution in [0.1, 0.15) is 23.5 Å². The van der Waals surface area contributed by atoms with E-state index in [1.165, 1.54) is 5.01 Å². The molecule has 0 spiro atoms. The Kier molecular flexibility index (Phi) is 4.13. The van der Waals surface area contributed by atoms with Crippen LogP contribution in [-0.2, 0) is 0 Å². The zero-order valence-electron chi connectivity index (χ0n) is 11.9. The lowest BCUT2D eigenvalue weighted by atomic mass is 10.2. The molecule has 0 aromatic carbocycles. The summed E-state index contributed by atoms with van der Waals surface area (Å²) in [6.07, 6.45) is 3.57. The van der Waals surface area contributed by atoms with Gasteiger partial charge in [0, 0.05) is 44.0 Å². The number of hydrogen-bond acceptors (Lipinski definition) is 6. The summed E-state index contributed by atoms with van der Waals surface area (Å²) in [7, 11) is 0. The van der Waals surface area contributed by atoms with Gasteiger partial charge in [-0.15, -0.1) is 11.3 Å². The molecule has 6 heteroatoms. The molecule has 0 radical (unpaired) electrons. The molecule has 0 amide bonds. The predicted octanol–water partition coefficient (Wildman–Crippen LogP) is 2.29. The summed E-state index contributed by atoms with van der Waals surface area (Å²) < 4.78 is 0. The van der Waals surface area contributed by atoms with Gasteiger partial charge in [0.2, 0.25) is 0 Å². The Labute approximate surface area is 128 Å². The molecule has 2 aromatic heterocycles. The first-order valence-electron chi connectivity index (χ1n) is 7.02. The molecule has 108 valence electrons. The van der Waals surface area contributed by atoms with Gasteiger partial charge >= 0.3 is 0 Å². The number of hydrogen-bond donors (Lipinski definition) is 0. The summed E-state index contributed by atoms with van der Waals surface area (Å²) in [6.45, 7) is 6.04. The number of thiazole rings is 1. The number of aromatic nitrogens is 2. The quantitative estimate of drug-likeness (QED) is 0.870. The van der Waals surface area contributed by atoms with Crippen molar-refractivity contribution in [2.75, 3.05) is 31.1 Å². The van der Waals surface area contributed by atoms with Crippen LogP contribution >= 0.6 is 11.3 Å². The number of nitriles is 1. The Morgan fingerprint density at radius 3 is 2.71 bits per heavy atom. The van der Waals surface area contributed by atoms with Crippen LogP contribution in [0.25, 0.3) is 0 Å². The van der Waals surface area contributed by atoms with Gasteiger partial charge in [0.05, 0.1) is 17.7 Å². The predicted molar refractivity (Wildman–Crippen MR) is 83.3 cm³/mol. The molecule has 1 unspecified atom stereocenters. The van der Waals surface area contributed by atoms with Gasteiger partial charge in [-0.25, -0.2) is 9.97 Å². The van der Waals surface area contributed by atoms with E-state index in [1.54, 1.807) is 23.6 Å². The summed E-state index contributed by atoms with van der Waals surface area (Å²) in [5, 5.41) is 12.2. The Morgan fingerprint density at radius 1 is 1.24 bits per heavy atom. The van der Waals surface area contributed by atoms with E-state index in [9.17, 15) is 0 Å². The summed E-state index contributed by atoms with van der Waals surface area (Å²) in [4.78, 5) is 13.5. The minimum Gasteiger partial charge on any atom is -0.354 e. The highest BCUT2D eigenvalue weighted by Gasteiger charge is 2.23. The molecule has 21 heavy (non-hydrogen) atoms. The van der Waals surface area contributed by atoms with Crippen molar-refractivity contribution in [1.82, 2.24) is 14.9 Å². The first-order valence-corrected chi connectivity index (χ1v) is 7.90. The second-order valence-electron chi connectivity index (χ2n) is 5.08. The molecular formula is C15H17N5S. The topological polar surface area (TPSA) is 56.1 Å². The first kappa shape index (κ1) is 14.0. The lowest BCUT2D eigenvalue weighted by Crippen LogP contribution is -2.47. The van der Waals surface area contributed by atoms with Crippen molar-refractivity contribution in [1.29, 1.82) is 5.26 Å². The highest BCUT2D eigenvalue weighted by atomic mass is 32.1. The fourth-order valence-electron chi connectivity index (χ4n) is 2.60. The van der Waals surface area contributed by atoms with Gasteiger partial charge in [-0.1, -0.05) is 0 Å². The fraction of sp³-hybridized carbons (Fsp3) is 0.400. The Balaban J connectivity index is 1.64. The normalized spacial score (nSPS) is 17.4. The van der Waals surface area contributed by atoms with Gasteiger partial charge in [0.25, 0.3) is 0 Å². The maximum absolute atomic E-state index is 8.97. The molecule has 1 aliphatic rings. The molecule has 0 bridgehead atoms. The maximum atomic E-state index is 8.97. The third-order valence-corrected chi connectivity index (χ3v) is 4.82. The van der Waals surface area contributed by atoms with Crippen LogP contribution in [0.15, 0.2) is 29.9 Å². The van der Waals surface area contributed by atoms with E-state index in [1.807, 2.05) is 17.6 Å². The zero-order valence-corrected chi connectivity index (χ0v) is 12.8. The van der Waals surface area contributed by atoms with Gasteiger partial charge in [-0.2, -0.15) is 5.26 Å². The van der Waals surface area contributed by atoms with Crippen LogP contribution < -0.4 is 4.90 Å². The van der Waals surface area contributed by atoms with Crippen LogP contribution in [0, 0.1) is 11.3 Å². The Bertz CT molecular complexity index is 626. The average molecular weight is 299 g/mol. The molecule has 2 aromatic rings. The molecule has 0 N–H and O–H groups in total. The highest BCUT2D eigenvalue weighted by Crippen LogP contribution is 2.24. The Hall–Kier alpha value is -1.97. The second kappa shape index (κ2) is 6.20. The van der Waals surface area contributed by atoms with Crippen molar-refractivity contribution >= 4 is 17.2 Å². The zero-order chi connectivity index (χ0) is 14.7. The summed E-state index contributed by atoms with van der Waals surface area (Å²) in [5.41, 5.74) is 0.665. The van der Waals surface area contributed by atoms with E-state index in [2.05, 4.69) is 32.8 Å². The maximum Gasteiger partial charge on any atom is 0.129 e. The molecule has 1 saturated heterocycles. The van der Waals surface area contributed by atoms with Crippen LogP contribution in [-0.4, -0.2) is 41.0 Å². The monoisotopic (exact) mass is 299 g/mol. The van der Waals surface area contributed by atoms with Crippen molar-refractivity contribution in [3.05, 3.63) is 40.5 Å². The van der Waals surface area contributed by atoms with Crippen molar-refractivity contribution in [2.45, 2.75) is 13.0 Å². The molecule has 5 nitrogen and oxygen atoms in total. The van der Waals surface area contributed by atoms with Gasteiger partial charge < -0.3 is 4.90 Å². The van der Waals surface area contributed by atoms with E-state index in [0.29, 0.717) is 11.6 Å². The molecule has 0 saturated carbocycles. The van der Waals surface area contributed by atoms with Crippen LogP contribution in [0.5, 0.6) is 0 Å². The molecule has 1 aliphatic heterocycles. The minimum atomic E-state index is 0.366. The van der Waals surface area contributed by atoms with Gasteiger partial charge in [-0.05, 0) is 19.1 Å². The summed E-state index contributed by atoms with van der Waals surface area (Å²) in [6, 6.07) is 6.14. The molecule has 1 fully saturated rings. The van der Waals surface area contributed by atoms with Crippen molar-refractivity contribution < 1.29 is 0 Å². The smallest absolute Gasteiger partial charge is 0.129 e. The van der Waals surface area contributed by atoms with Crippen LogP contribution in [0.4, 0.5) is 5.82 Å². The Morgan fingerprint density at radius 2 is 2.05 bits per heavy atom. The second-order valence-corrected chi connectivity index (χ2v) is 6.01. The molecular weight excluding hydrogens is 282 g/mol. The molecule has 1 atom stereocenters. The van der Waals surface area contributed by atoms with Gasteiger partial charge in [0.15, 0.2) is 0 Å². The largest absolute Gasteiger partial charge is 0.354 e. The number of rotatable bonds is 3. The van der Waals surface area contributed by atoms with E-state index in [-0.39, 0.29) is 0 Å². The molecule has 3 heterocycles. The van der Waals surface area contributed by atoms with Crippen molar-refractivity contribution in [2.24, 2.45) is 0 Å². The number of piperazine rings is 1. The van der Waals surface area contributed by atoms with E-state index >= 15 is 0 Å². The first-order chi connectivity index (χ1) is 10.3. The molecule has 0 aliphatic carbocycles. The van der Waals surface area contributed by atoms with Gasteiger partial charge in [-0.3, -0.25) is 4.90 Å². The van der Waals surface area contributed by atoms with Crippen LogP contribution in [0.3, 0.4) is 0 Å². The molecule has 3 rings (SSSR count). The van der Waals surface area contributed by atoms with E-state index in [4.69, 9.17) is 5.26 Å². The fourth-order valence-corrected chi connectivity index (χ4v) is 3.33. The third-order valence-electron chi connectivity index (χ3n) is 3.87. The minimum absolute atomic E-state index is 0.366. The van der Waals surface area contributed by atoms with Gasteiger partial charge in [0.1, 0.15) is 10.8 Å². The van der Waals surface area contributed by atoms with Crippen molar-refractivity contribution in [3.8, 4) is 6.07 Å². The SMILES string of the molecule is CC(c1nccs1)N1CCN(c2cc(C#N)ccn2)CC1. The van der Waals surface area contributed by atoms with E-state index in [0.717, 1.165) is 32.0 Å². The number of nitrogens with zero attached hydrogens (tertiary/aromatic N) is 5.